The van der Waals surface area contributed by atoms with Gasteiger partial charge in [-0.3, -0.25) is 4.79 Å². The smallest absolute Gasteiger partial charge is 0.158 e. The average Bonchev–Trinajstić information content (AvgIpc) is 2.55. The molecule has 0 saturated heterocycles. The minimum absolute atomic E-state index is 0.401. The van der Waals surface area contributed by atoms with Crippen molar-refractivity contribution in [1.82, 2.24) is 0 Å². The van der Waals surface area contributed by atoms with Gasteiger partial charge in [0.15, 0.2) is 5.78 Å². The highest BCUT2D eigenvalue weighted by atomic mass is 16.1. The standard InChI is InChI=1S/C12H20O/c1-10(2)6-5-9-12(13)11-7-3-4-8-11/h7,10H,3-6,8-9H2,1-2H3. The lowest BCUT2D eigenvalue weighted by Gasteiger charge is -2.04. The molecule has 1 nitrogen and oxygen atoms in total. The summed E-state index contributed by atoms with van der Waals surface area (Å²) < 4.78 is 0. The van der Waals surface area contributed by atoms with Crippen LogP contribution < -0.4 is 0 Å². The molecule has 0 aromatic carbocycles. The van der Waals surface area contributed by atoms with Crippen LogP contribution in [0.2, 0.25) is 0 Å². The van der Waals surface area contributed by atoms with E-state index in [1.807, 2.05) is 0 Å². The molecule has 1 heteroatoms. The van der Waals surface area contributed by atoms with Gasteiger partial charge in [0, 0.05) is 6.42 Å². The third kappa shape index (κ3) is 3.75. The van der Waals surface area contributed by atoms with Gasteiger partial charge in [-0.2, -0.15) is 0 Å². The van der Waals surface area contributed by atoms with E-state index in [1.54, 1.807) is 0 Å². The molecule has 0 aliphatic heterocycles. The van der Waals surface area contributed by atoms with Crippen molar-refractivity contribution in [3.8, 4) is 0 Å². The summed E-state index contributed by atoms with van der Waals surface area (Å²) in [6, 6.07) is 0. The molecule has 0 heterocycles. The van der Waals surface area contributed by atoms with Crippen molar-refractivity contribution in [2.45, 2.75) is 52.4 Å². The zero-order valence-electron chi connectivity index (χ0n) is 8.81. The van der Waals surface area contributed by atoms with Gasteiger partial charge in [0.1, 0.15) is 0 Å². The maximum absolute atomic E-state index is 11.6. The fourth-order valence-corrected chi connectivity index (χ4v) is 1.76. The third-order valence-corrected chi connectivity index (χ3v) is 2.58. The van der Waals surface area contributed by atoms with Gasteiger partial charge in [0.25, 0.3) is 0 Å². The molecule has 1 rings (SSSR count). The quantitative estimate of drug-likeness (QED) is 0.633. The second-order valence-electron chi connectivity index (χ2n) is 4.33. The van der Waals surface area contributed by atoms with Gasteiger partial charge in [0.05, 0.1) is 0 Å². The molecular weight excluding hydrogens is 160 g/mol. The Morgan fingerprint density at radius 2 is 2.31 bits per heavy atom. The topological polar surface area (TPSA) is 17.1 Å². The Hall–Kier alpha value is -0.590. The molecule has 0 aromatic rings. The Labute approximate surface area is 81.2 Å². The summed E-state index contributed by atoms with van der Waals surface area (Å²) in [5.74, 6) is 1.13. The van der Waals surface area contributed by atoms with E-state index in [0.717, 1.165) is 37.2 Å². The van der Waals surface area contributed by atoms with Crippen LogP contribution in [0.15, 0.2) is 11.6 Å². The van der Waals surface area contributed by atoms with Crippen LogP contribution in [0.5, 0.6) is 0 Å². The first kappa shape index (κ1) is 10.5. The van der Waals surface area contributed by atoms with Crippen LogP contribution in [0.1, 0.15) is 52.4 Å². The lowest BCUT2D eigenvalue weighted by molar-refractivity contribution is -0.115. The van der Waals surface area contributed by atoms with Crippen molar-refractivity contribution in [1.29, 1.82) is 0 Å². The molecule has 0 amide bonds. The van der Waals surface area contributed by atoms with Gasteiger partial charge < -0.3 is 0 Å². The van der Waals surface area contributed by atoms with E-state index < -0.39 is 0 Å². The maximum Gasteiger partial charge on any atom is 0.158 e. The molecule has 0 spiro atoms. The Morgan fingerprint density at radius 1 is 1.54 bits per heavy atom. The Balaban J connectivity index is 2.17. The van der Waals surface area contributed by atoms with Crippen LogP contribution in [-0.2, 0) is 4.79 Å². The first-order valence-electron chi connectivity index (χ1n) is 5.42. The molecular formula is C12H20O. The van der Waals surface area contributed by atoms with Crippen molar-refractivity contribution >= 4 is 5.78 Å². The minimum atomic E-state index is 0.401. The number of Topliss-reactive ketones (excluding diaryl/α,β-unsaturated/α-hetero) is 1. The molecule has 1 aliphatic rings. The van der Waals surface area contributed by atoms with Crippen molar-refractivity contribution in [3.05, 3.63) is 11.6 Å². The molecule has 0 unspecified atom stereocenters. The largest absolute Gasteiger partial charge is 0.295 e. The van der Waals surface area contributed by atoms with Crippen LogP contribution in [0.4, 0.5) is 0 Å². The third-order valence-electron chi connectivity index (χ3n) is 2.58. The molecule has 1 aliphatic carbocycles. The lowest BCUT2D eigenvalue weighted by Crippen LogP contribution is -2.01. The summed E-state index contributed by atoms with van der Waals surface area (Å²) in [5, 5.41) is 0. The van der Waals surface area contributed by atoms with E-state index in [2.05, 4.69) is 19.9 Å². The summed E-state index contributed by atoms with van der Waals surface area (Å²) in [7, 11) is 0. The lowest BCUT2D eigenvalue weighted by atomic mass is 10.0. The highest BCUT2D eigenvalue weighted by Gasteiger charge is 2.12. The predicted octanol–water partition coefficient (Wildman–Crippen LogP) is 3.49. The molecule has 0 N–H and O–H groups in total. The summed E-state index contributed by atoms with van der Waals surface area (Å²) in [5.41, 5.74) is 1.10. The molecule has 0 atom stereocenters. The first-order valence-corrected chi connectivity index (χ1v) is 5.42. The Kier molecular flexibility index (Phi) is 4.20. The summed E-state index contributed by atoms with van der Waals surface area (Å²) in [6.07, 6.45) is 8.46. The molecule has 0 bridgehead atoms. The van der Waals surface area contributed by atoms with Gasteiger partial charge in [-0.15, -0.1) is 0 Å². The molecule has 0 fully saturated rings. The zero-order valence-corrected chi connectivity index (χ0v) is 8.81. The maximum atomic E-state index is 11.6. The van der Waals surface area contributed by atoms with Crippen molar-refractivity contribution in [2.75, 3.05) is 0 Å². The first-order chi connectivity index (χ1) is 6.20. The normalized spacial score (nSPS) is 16.4. The zero-order chi connectivity index (χ0) is 9.68. The highest BCUT2D eigenvalue weighted by Crippen LogP contribution is 2.20. The minimum Gasteiger partial charge on any atom is -0.295 e. The number of hydrogen-bond acceptors (Lipinski definition) is 1. The SMILES string of the molecule is CC(C)CCCC(=O)C1=CCCC1. The van der Waals surface area contributed by atoms with E-state index in [1.165, 1.54) is 12.8 Å². The number of hydrogen-bond donors (Lipinski definition) is 0. The molecule has 0 saturated carbocycles. The van der Waals surface area contributed by atoms with Crippen molar-refractivity contribution in [3.63, 3.8) is 0 Å². The predicted molar refractivity (Wildman–Crippen MR) is 55.6 cm³/mol. The number of rotatable bonds is 5. The van der Waals surface area contributed by atoms with Gasteiger partial charge in [0.2, 0.25) is 0 Å². The second-order valence-corrected chi connectivity index (χ2v) is 4.33. The van der Waals surface area contributed by atoms with Crippen molar-refractivity contribution in [2.24, 2.45) is 5.92 Å². The number of ketones is 1. The molecule has 13 heavy (non-hydrogen) atoms. The Morgan fingerprint density at radius 3 is 2.85 bits per heavy atom. The van der Waals surface area contributed by atoms with Gasteiger partial charge in [-0.1, -0.05) is 26.3 Å². The second kappa shape index (κ2) is 5.21. The van der Waals surface area contributed by atoms with Crippen molar-refractivity contribution < 1.29 is 4.79 Å². The number of carbonyl (C=O) groups is 1. The van der Waals surface area contributed by atoms with Crippen LogP contribution in [0, 0.1) is 5.92 Å². The van der Waals surface area contributed by atoms with Crippen LogP contribution in [0.25, 0.3) is 0 Å². The fourth-order valence-electron chi connectivity index (χ4n) is 1.76. The molecule has 74 valence electrons. The summed E-state index contributed by atoms with van der Waals surface area (Å²) in [4.78, 5) is 11.6. The molecule has 0 aromatic heterocycles. The van der Waals surface area contributed by atoms with E-state index in [4.69, 9.17) is 0 Å². The van der Waals surface area contributed by atoms with Crippen LogP contribution in [-0.4, -0.2) is 5.78 Å². The monoisotopic (exact) mass is 180 g/mol. The van der Waals surface area contributed by atoms with E-state index >= 15 is 0 Å². The van der Waals surface area contributed by atoms with Crippen LogP contribution >= 0.6 is 0 Å². The fraction of sp³-hybridized carbons (Fsp3) is 0.750. The Bertz CT molecular complexity index is 201. The van der Waals surface area contributed by atoms with E-state index in [0.29, 0.717) is 5.78 Å². The highest BCUT2D eigenvalue weighted by molar-refractivity contribution is 5.95. The summed E-state index contributed by atoms with van der Waals surface area (Å²) in [6.45, 7) is 4.42. The average molecular weight is 180 g/mol. The van der Waals surface area contributed by atoms with Gasteiger partial charge in [-0.25, -0.2) is 0 Å². The van der Waals surface area contributed by atoms with Crippen LogP contribution in [0.3, 0.4) is 0 Å². The molecule has 0 radical (unpaired) electrons. The number of allylic oxidation sites excluding steroid dienone is 2. The van der Waals surface area contributed by atoms with Gasteiger partial charge in [-0.05, 0) is 37.2 Å². The van der Waals surface area contributed by atoms with E-state index in [9.17, 15) is 4.79 Å². The number of carbonyl (C=O) groups excluding carboxylic acids is 1. The van der Waals surface area contributed by atoms with E-state index in [-0.39, 0.29) is 0 Å². The van der Waals surface area contributed by atoms with Gasteiger partial charge >= 0.3 is 0 Å². The summed E-state index contributed by atoms with van der Waals surface area (Å²) >= 11 is 0.